The molecule has 2 aromatic heterocycles. The highest BCUT2D eigenvalue weighted by Crippen LogP contribution is 2.34. The minimum Gasteiger partial charge on any atom is -0.507 e. The van der Waals surface area contributed by atoms with E-state index in [9.17, 15) is 5.11 Å². The molecule has 0 amide bonds. The van der Waals surface area contributed by atoms with Crippen molar-refractivity contribution in [2.75, 3.05) is 25.2 Å². The lowest BCUT2D eigenvalue weighted by Gasteiger charge is -2.13. The van der Waals surface area contributed by atoms with Crippen molar-refractivity contribution in [1.29, 1.82) is 0 Å². The number of phenols is 1. The van der Waals surface area contributed by atoms with Crippen molar-refractivity contribution in [3.63, 3.8) is 0 Å². The average Bonchev–Trinajstić information content (AvgIpc) is 3.43. The molecule has 9 heteroatoms. The summed E-state index contributed by atoms with van der Waals surface area (Å²) >= 11 is 3.50. The quantitative estimate of drug-likeness (QED) is 0.331. The third-order valence-corrected chi connectivity index (χ3v) is 5.66. The summed E-state index contributed by atoms with van der Waals surface area (Å²) in [4.78, 5) is 4.65. The van der Waals surface area contributed by atoms with E-state index < -0.39 is 0 Å². The molecule has 0 radical (unpaired) electrons. The predicted octanol–water partition coefficient (Wildman–Crippen LogP) is 4.27. The zero-order valence-corrected chi connectivity index (χ0v) is 18.6. The molecular weight excluding hydrogens is 474 g/mol. The van der Waals surface area contributed by atoms with Crippen molar-refractivity contribution in [3.05, 3.63) is 71.3 Å². The molecule has 162 valence electrons. The molecule has 1 aliphatic rings. The van der Waals surface area contributed by atoms with Crippen molar-refractivity contribution in [1.82, 2.24) is 19.9 Å². The minimum absolute atomic E-state index is 0.174. The van der Waals surface area contributed by atoms with Gasteiger partial charge in [-0.3, -0.25) is 0 Å². The Kier molecular flexibility index (Phi) is 5.32. The summed E-state index contributed by atoms with van der Waals surface area (Å²) in [6, 6.07) is 14.7. The molecule has 8 nitrogen and oxygen atoms in total. The molecule has 0 saturated heterocycles. The number of hydrogen-bond donors (Lipinski definition) is 3. The van der Waals surface area contributed by atoms with Crippen LogP contribution in [0.4, 0.5) is 5.82 Å². The summed E-state index contributed by atoms with van der Waals surface area (Å²) in [7, 11) is 0. The van der Waals surface area contributed by atoms with Crippen LogP contribution < -0.4 is 20.1 Å². The number of ether oxygens (including phenoxy) is 2. The second kappa shape index (κ2) is 8.43. The number of hydrogen-bond acceptors (Lipinski definition) is 7. The summed E-state index contributed by atoms with van der Waals surface area (Å²) in [5, 5.41) is 21.4. The normalized spacial score (nSPS) is 12.2. The number of aromatic hydroxyl groups is 1. The first-order chi connectivity index (χ1) is 15.6. The fraction of sp³-hybridized carbons (Fsp3) is 0.130. The predicted molar refractivity (Wildman–Crippen MR) is 126 cm³/mol. The van der Waals surface area contributed by atoms with Crippen LogP contribution in [0.25, 0.3) is 22.6 Å². The molecule has 0 aliphatic carbocycles. The van der Waals surface area contributed by atoms with Crippen LogP contribution in [-0.2, 0) is 0 Å². The summed E-state index contributed by atoms with van der Waals surface area (Å²) in [6.45, 7) is 5.60. The zero-order valence-electron chi connectivity index (χ0n) is 17.0. The lowest BCUT2D eigenvalue weighted by atomic mass is 10.1. The topological polar surface area (TPSA) is 92.9 Å². The lowest BCUT2D eigenvalue weighted by Crippen LogP contribution is -2.21. The molecule has 0 bridgehead atoms. The Morgan fingerprint density at radius 3 is 2.84 bits per heavy atom. The Hall–Kier alpha value is -3.72. The number of anilines is 1. The van der Waals surface area contributed by atoms with Crippen LogP contribution in [0, 0.1) is 0 Å². The third kappa shape index (κ3) is 3.82. The molecule has 3 heterocycles. The number of phenolic OH excluding ortho intramolecular Hbond substituents is 1. The van der Waals surface area contributed by atoms with E-state index in [1.54, 1.807) is 22.8 Å². The molecule has 0 spiro atoms. The van der Waals surface area contributed by atoms with E-state index in [1.165, 1.54) is 0 Å². The summed E-state index contributed by atoms with van der Waals surface area (Å²) in [6.07, 6.45) is 1.70. The highest BCUT2D eigenvalue weighted by molar-refractivity contribution is 9.10. The molecule has 1 aliphatic heterocycles. The van der Waals surface area contributed by atoms with Crippen LogP contribution >= 0.6 is 15.9 Å². The Morgan fingerprint density at radius 1 is 1.12 bits per heavy atom. The number of nitrogens with zero attached hydrogens (tertiary/aromatic N) is 3. The molecule has 32 heavy (non-hydrogen) atoms. The van der Waals surface area contributed by atoms with Gasteiger partial charge in [0.2, 0.25) is 6.79 Å². The fourth-order valence-electron chi connectivity index (χ4n) is 3.48. The SMILES string of the molecule is C=C(NCCNc1cc(-c2ccccc2O)nc2c(Br)cnn12)c1ccc2c(c1)OCO2. The second-order valence-electron chi connectivity index (χ2n) is 7.17. The molecule has 3 N–H and O–H groups in total. The van der Waals surface area contributed by atoms with Crippen molar-refractivity contribution >= 4 is 33.1 Å². The summed E-state index contributed by atoms with van der Waals surface area (Å²) < 4.78 is 13.3. The van der Waals surface area contributed by atoms with Gasteiger partial charge in [-0.15, -0.1) is 0 Å². The second-order valence-corrected chi connectivity index (χ2v) is 8.03. The number of aromatic nitrogens is 3. The largest absolute Gasteiger partial charge is 0.507 e. The standard InChI is InChI=1S/C23H20BrN5O3/c1-14(15-6-7-20-21(10-15)32-13-31-20)25-8-9-26-22-11-18(16-4-2-3-5-19(16)30)28-23-17(24)12-27-29(22)23/h2-7,10-12,25-26,30H,1,8-9,13H2. The Labute approximate surface area is 192 Å². The Morgan fingerprint density at radius 2 is 1.97 bits per heavy atom. The number of rotatable bonds is 7. The van der Waals surface area contributed by atoms with Gasteiger partial charge in [0.05, 0.1) is 16.4 Å². The molecule has 0 atom stereocenters. The van der Waals surface area contributed by atoms with Gasteiger partial charge in [0.1, 0.15) is 11.6 Å². The first-order valence-electron chi connectivity index (χ1n) is 9.99. The minimum atomic E-state index is 0.174. The first-order valence-corrected chi connectivity index (χ1v) is 10.8. The summed E-state index contributed by atoms with van der Waals surface area (Å²) in [5.41, 5.74) is 3.70. The average molecular weight is 494 g/mol. The van der Waals surface area contributed by atoms with Crippen LogP contribution in [0.5, 0.6) is 17.2 Å². The lowest BCUT2D eigenvalue weighted by molar-refractivity contribution is 0.174. The number of fused-ring (bicyclic) bond motifs is 2. The van der Waals surface area contributed by atoms with E-state index in [0.29, 0.717) is 30.0 Å². The molecule has 2 aromatic carbocycles. The van der Waals surface area contributed by atoms with E-state index in [1.807, 2.05) is 36.4 Å². The number of halogens is 1. The fourth-order valence-corrected chi connectivity index (χ4v) is 3.83. The number of para-hydroxylation sites is 1. The van der Waals surface area contributed by atoms with Crippen LogP contribution in [-0.4, -0.2) is 39.6 Å². The number of nitrogens with one attached hydrogen (secondary N) is 2. The van der Waals surface area contributed by atoms with Gasteiger partial charge in [-0.2, -0.15) is 9.61 Å². The van der Waals surface area contributed by atoms with Gasteiger partial charge in [-0.25, -0.2) is 4.98 Å². The van der Waals surface area contributed by atoms with Gasteiger partial charge in [-0.05, 0) is 46.3 Å². The monoisotopic (exact) mass is 493 g/mol. The van der Waals surface area contributed by atoms with Crippen LogP contribution in [0.2, 0.25) is 0 Å². The molecule has 5 rings (SSSR count). The van der Waals surface area contributed by atoms with Gasteiger partial charge < -0.3 is 25.2 Å². The van der Waals surface area contributed by atoms with Gasteiger partial charge in [-0.1, -0.05) is 18.7 Å². The van der Waals surface area contributed by atoms with Gasteiger partial charge >= 0.3 is 0 Å². The first kappa shape index (κ1) is 20.2. The summed E-state index contributed by atoms with van der Waals surface area (Å²) in [5.74, 6) is 2.40. The maximum absolute atomic E-state index is 10.3. The van der Waals surface area contributed by atoms with E-state index in [4.69, 9.17) is 9.47 Å². The zero-order chi connectivity index (χ0) is 22.1. The highest BCUT2D eigenvalue weighted by atomic mass is 79.9. The van der Waals surface area contributed by atoms with Gasteiger partial charge in [0, 0.05) is 36.0 Å². The Balaban J connectivity index is 1.30. The van der Waals surface area contributed by atoms with Gasteiger partial charge in [0.25, 0.3) is 0 Å². The molecule has 4 aromatic rings. The van der Waals surface area contributed by atoms with Crippen molar-refractivity contribution < 1.29 is 14.6 Å². The maximum atomic E-state index is 10.3. The van der Waals surface area contributed by atoms with Gasteiger partial charge in [0.15, 0.2) is 17.1 Å². The molecular formula is C23H20BrN5O3. The van der Waals surface area contributed by atoms with Crippen LogP contribution in [0.3, 0.4) is 0 Å². The Bertz CT molecular complexity index is 1320. The van der Waals surface area contributed by atoms with Crippen molar-refractivity contribution in [3.8, 4) is 28.5 Å². The van der Waals surface area contributed by atoms with E-state index in [0.717, 1.165) is 33.1 Å². The van der Waals surface area contributed by atoms with Crippen LogP contribution in [0.15, 0.2) is 65.8 Å². The third-order valence-electron chi connectivity index (χ3n) is 5.10. The molecule has 0 unspecified atom stereocenters. The number of benzene rings is 2. The molecule has 0 fully saturated rings. The van der Waals surface area contributed by atoms with E-state index >= 15 is 0 Å². The van der Waals surface area contributed by atoms with Crippen molar-refractivity contribution in [2.45, 2.75) is 0 Å². The van der Waals surface area contributed by atoms with E-state index in [2.05, 4.69) is 43.2 Å². The maximum Gasteiger partial charge on any atom is 0.231 e. The smallest absolute Gasteiger partial charge is 0.231 e. The molecule has 0 saturated carbocycles. The van der Waals surface area contributed by atoms with Crippen LogP contribution in [0.1, 0.15) is 5.56 Å². The van der Waals surface area contributed by atoms with E-state index in [-0.39, 0.29) is 12.5 Å². The van der Waals surface area contributed by atoms with Crippen molar-refractivity contribution in [2.24, 2.45) is 0 Å². The highest BCUT2D eigenvalue weighted by Gasteiger charge is 2.15.